The summed E-state index contributed by atoms with van der Waals surface area (Å²) in [6.07, 6.45) is 9.19. The smallest absolute Gasteiger partial charge is 0.160 e. The lowest BCUT2D eigenvalue weighted by molar-refractivity contribution is -0.185. The number of hydrogen-bond acceptors (Lipinski definition) is 4. The summed E-state index contributed by atoms with van der Waals surface area (Å²) >= 11 is 0. The molecule has 2 fully saturated rings. The van der Waals surface area contributed by atoms with Crippen LogP contribution < -0.4 is 0 Å². The Bertz CT molecular complexity index is 884. The minimum atomic E-state index is -1.11. The molecule has 0 radical (unpaired) electrons. The molecule has 0 aromatic heterocycles. The first-order valence-electron chi connectivity index (χ1n) is 13.5. The van der Waals surface area contributed by atoms with E-state index in [0.29, 0.717) is 25.7 Å². The van der Waals surface area contributed by atoms with Gasteiger partial charge >= 0.3 is 0 Å². The number of hydrogen-bond donors (Lipinski definition) is 0. The van der Waals surface area contributed by atoms with Gasteiger partial charge in [-0.1, -0.05) is 50.5 Å². The van der Waals surface area contributed by atoms with Crippen LogP contribution in [0.3, 0.4) is 0 Å². The van der Waals surface area contributed by atoms with E-state index in [2.05, 4.69) is 40.7 Å². The highest BCUT2D eigenvalue weighted by atomic mass is 16.5. The van der Waals surface area contributed by atoms with Crippen LogP contribution in [0.1, 0.15) is 114 Å². The fourth-order valence-electron chi connectivity index (χ4n) is 6.73. The number of fused-ring (bicyclic) bond motifs is 2. The predicted octanol–water partition coefficient (Wildman–Crippen LogP) is 7.45. The lowest BCUT2D eigenvalue weighted by Crippen LogP contribution is -2.69. The summed E-state index contributed by atoms with van der Waals surface area (Å²) < 4.78 is 5.67. The third-order valence-corrected chi connectivity index (χ3v) is 9.20. The second-order valence-corrected chi connectivity index (χ2v) is 12.9. The highest BCUT2D eigenvalue weighted by Crippen LogP contribution is 2.66. The summed E-state index contributed by atoms with van der Waals surface area (Å²) in [4.78, 5) is 42.4. The van der Waals surface area contributed by atoms with Crippen LogP contribution in [0.2, 0.25) is 0 Å². The summed E-state index contributed by atoms with van der Waals surface area (Å²) in [5, 5.41) is 0. The molecule has 0 unspecified atom stereocenters. The Hall–Kier alpha value is -1.55. The minimum Gasteiger partial charge on any atom is -0.379 e. The largest absolute Gasteiger partial charge is 0.379 e. The van der Waals surface area contributed by atoms with Gasteiger partial charge in [0, 0.05) is 19.4 Å². The van der Waals surface area contributed by atoms with Gasteiger partial charge in [-0.2, -0.15) is 0 Å². The van der Waals surface area contributed by atoms with Crippen molar-refractivity contribution in [3.8, 4) is 0 Å². The summed E-state index contributed by atoms with van der Waals surface area (Å²) in [6.45, 7) is 18.4. The van der Waals surface area contributed by atoms with Crippen molar-refractivity contribution < 1.29 is 19.1 Å². The van der Waals surface area contributed by atoms with E-state index in [-0.39, 0.29) is 34.8 Å². The highest BCUT2D eigenvalue weighted by Gasteiger charge is 2.72. The first-order chi connectivity index (χ1) is 16.1. The zero-order valence-corrected chi connectivity index (χ0v) is 24.1. The number of rotatable bonds is 11. The van der Waals surface area contributed by atoms with Crippen LogP contribution in [0.4, 0.5) is 0 Å². The monoisotopic (exact) mass is 486 g/mol. The molecule has 2 bridgehead atoms. The maximum atomic E-state index is 14.6. The number of allylic oxidation sites excluding steroid dienone is 4. The van der Waals surface area contributed by atoms with Crippen LogP contribution in [-0.2, 0) is 19.1 Å². The van der Waals surface area contributed by atoms with E-state index >= 15 is 0 Å². The SMILES string of the molecule is COC(C)(C)CCC[C@@]1(C)[C@H](CC=C(C)C)C[C@@]2(CC=C(C)C)C(=O)CC[C@]1(C(=O)C(C)C)C2=O. The van der Waals surface area contributed by atoms with E-state index in [1.165, 1.54) is 5.57 Å². The average Bonchev–Trinajstić information content (AvgIpc) is 2.76. The van der Waals surface area contributed by atoms with E-state index in [0.717, 1.165) is 31.3 Å². The first kappa shape index (κ1) is 29.7. The van der Waals surface area contributed by atoms with Crippen LogP contribution in [0.25, 0.3) is 0 Å². The molecule has 35 heavy (non-hydrogen) atoms. The third kappa shape index (κ3) is 5.43. The van der Waals surface area contributed by atoms with Gasteiger partial charge in [-0.3, -0.25) is 14.4 Å². The predicted molar refractivity (Wildman–Crippen MR) is 143 cm³/mol. The Balaban J connectivity index is 2.73. The fourth-order valence-corrected chi connectivity index (χ4v) is 6.73. The van der Waals surface area contributed by atoms with Crippen molar-refractivity contribution in [2.24, 2.45) is 28.1 Å². The number of methoxy groups -OCH3 is 1. The molecule has 0 saturated heterocycles. The van der Waals surface area contributed by atoms with Crippen molar-refractivity contribution >= 4 is 17.3 Å². The van der Waals surface area contributed by atoms with E-state index in [9.17, 15) is 14.4 Å². The number of Topliss-reactive ketones (excluding diaryl/α,β-unsaturated/α-hetero) is 3. The summed E-state index contributed by atoms with van der Waals surface area (Å²) in [7, 11) is 1.73. The van der Waals surface area contributed by atoms with Gasteiger partial charge in [-0.15, -0.1) is 0 Å². The van der Waals surface area contributed by atoms with E-state index < -0.39 is 16.2 Å². The summed E-state index contributed by atoms with van der Waals surface area (Å²) in [5.74, 6) is -0.188. The van der Waals surface area contributed by atoms with Crippen molar-refractivity contribution in [3.63, 3.8) is 0 Å². The Morgan fingerprint density at radius 1 is 1.11 bits per heavy atom. The quantitative estimate of drug-likeness (QED) is 0.225. The molecule has 0 aromatic carbocycles. The molecule has 2 aliphatic carbocycles. The van der Waals surface area contributed by atoms with Gasteiger partial charge in [0.05, 0.1) is 16.4 Å². The van der Waals surface area contributed by atoms with Gasteiger partial charge in [0.2, 0.25) is 0 Å². The van der Waals surface area contributed by atoms with Gasteiger partial charge in [0.15, 0.2) is 5.78 Å². The molecule has 4 atom stereocenters. The molecule has 0 aromatic rings. The highest BCUT2D eigenvalue weighted by molar-refractivity contribution is 6.21. The van der Waals surface area contributed by atoms with Gasteiger partial charge in [0.25, 0.3) is 0 Å². The Labute approximate surface area is 214 Å². The van der Waals surface area contributed by atoms with Crippen molar-refractivity contribution in [1.29, 1.82) is 0 Å². The van der Waals surface area contributed by atoms with Gasteiger partial charge in [-0.25, -0.2) is 0 Å². The molecular weight excluding hydrogens is 436 g/mol. The van der Waals surface area contributed by atoms with E-state index in [1.54, 1.807) is 7.11 Å². The standard InChI is InChI=1S/C31H50O4/c1-21(2)12-13-24-20-30(18-14-22(3)4)25(32)15-19-31(27(30)34,26(33)23(5)6)29(24,9)17-11-16-28(7,8)35-10/h12,14,23-24H,11,13,15-20H2,1-10H3/t24-,29+,30+,31+/m1/s1. The fraction of sp³-hybridized carbons (Fsp3) is 0.774. The molecule has 0 amide bonds. The van der Waals surface area contributed by atoms with Crippen LogP contribution in [0, 0.1) is 28.1 Å². The maximum Gasteiger partial charge on any atom is 0.160 e. The molecule has 198 valence electrons. The number of carbonyl (C=O) groups excluding carboxylic acids is 3. The average molecular weight is 487 g/mol. The second kappa shape index (κ2) is 10.8. The molecule has 0 heterocycles. The number of ketones is 3. The van der Waals surface area contributed by atoms with E-state index in [1.807, 2.05) is 33.8 Å². The molecule has 2 rings (SSSR count). The molecular formula is C31H50O4. The molecule has 2 aliphatic rings. The lowest BCUT2D eigenvalue weighted by Gasteiger charge is -2.62. The van der Waals surface area contributed by atoms with Crippen molar-refractivity contribution in [3.05, 3.63) is 23.3 Å². The van der Waals surface area contributed by atoms with Crippen molar-refractivity contribution in [1.82, 2.24) is 0 Å². The zero-order chi connectivity index (χ0) is 26.8. The van der Waals surface area contributed by atoms with Crippen LogP contribution >= 0.6 is 0 Å². The molecule has 0 spiro atoms. The third-order valence-electron chi connectivity index (χ3n) is 9.20. The number of carbonyl (C=O) groups is 3. The zero-order valence-electron chi connectivity index (χ0n) is 24.1. The molecule has 2 saturated carbocycles. The van der Waals surface area contributed by atoms with Gasteiger partial charge in [-0.05, 0) is 91.4 Å². The summed E-state index contributed by atoms with van der Waals surface area (Å²) in [5.41, 5.74) is -0.622. The van der Waals surface area contributed by atoms with Gasteiger partial charge < -0.3 is 4.74 Å². The molecule has 4 heteroatoms. The molecule has 0 aliphatic heterocycles. The first-order valence-corrected chi connectivity index (χ1v) is 13.5. The minimum absolute atomic E-state index is 0.0342. The second-order valence-electron chi connectivity index (χ2n) is 12.9. The van der Waals surface area contributed by atoms with Crippen molar-refractivity contribution in [2.75, 3.05) is 7.11 Å². The van der Waals surface area contributed by atoms with Crippen molar-refractivity contribution in [2.45, 2.75) is 119 Å². The maximum absolute atomic E-state index is 14.6. The normalized spacial score (nSPS) is 30.9. The lowest BCUT2D eigenvalue weighted by atomic mass is 9.38. The van der Waals surface area contributed by atoms with Crippen LogP contribution in [0.15, 0.2) is 23.3 Å². The van der Waals surface area contributed by atoms with E-state index in [4.69, 9.17) is 4.74 Å². The van der Waals surface area contributed by atoms with Crippen LogP contribution in [0.5, 0.6) is 0 Å². The molecule has 4 nitrogen and oxygen atoms in total. The number of ether oxygens (including phenoxy) is 1. The Morgan fingerprint density at radius 3 is 2.23 bits per heavy atom. The summed E-state index contributed by atoms with van der Waals surface area (Å²) in [6, 6.07) is 0. The van der Waals surface area contributed by atoms with Gasteiger partial charge in [0.1, 0.15) is 11.6 Å². The van der Waals surface area contributed by atoms with Crippen LogP contribution in [-0.4, -0.2) is 30.1 Å². The Morgan fingerprint density at radius 2 is 1.71 bits per heavy atom. The molecule has 0 N–H and O–H groups in total. The topological polar surface area (TPSA) is 60.4 Å². The Kier molecular flexibility index (Phi) is 9.18.